The van der Waals surface area contributed by atoms with Gasteiger partial charge < -0.3 is 123 Å². The molecule has 0 aliphatic carbocycles. The predicted octanol–water partition coefficient (Wildman–Crippen LogP) is 0.253. The lowest BCUT2D eigenvalue weighted by molar-refractivity contribution is -0.143. The van der Waals surface area contributed by atoms with Gasteiger partial charge in [-0.2, -0.15) is 0 Å². The standard InChI is InChI=1S/C96H163N25O17/c1-18-60(16)80(95(137)117-72(42-56(8)9)87(129)110-66(32-23-26-36-98)84(126)115-75(47-64-50-103-52-105-64)90(132)114-71(41-55(6)7)88(130)111-68(81(101)123)46-63-49-102-51-104-63)120-91(133)73(43-57(10)11)116-93(135)77-34-28-38-121(77)96(138)76(44-58(12)13)118-85(127)67(33-24-27-37-99)108-83(125)65(31-22-25-35-97)109-86(128)70(40-54(4)5)113-89(131)69(39-53(2)3)112-82(124)61(17)106-94(136)79(59(14)15)119-92(134)74(107-78(122)48-100)45-62-29-20-19-21-30-62/h19-21,29-30,49-61,65-77,79-80H,18,22-28,31-48,97-100H2,1-17H3,(H2,101,123)(H,102,104)(H,103,105)(H,106,136)(H,107,122)(H,108,125)(H,109,128)(H,110,129)(H,111,130)(H,112,124)(H,113,131)(H,114,132)(H,115,126)(H,116,135)(H,117,137)(H,118,127)(H,119,134)(H,120,133)/t60-,61-,65-,66-,67-,68-,69-,70-,71-,72-,73-,74-,75-,76-,77-,79-,80-/m0/s1. The summed E-state index contributed by atoms with van der Waals surface area (Å²) in [6.45, 7) is 30.6. The number of likely N-dealkylation sites (tertiary alicyclic amines) is 1. The van der Waals surface area contributed by atoms with Crippen molar-refractivity contribution >= 4 is 100 Å². The number of carbonyl (C=O) groups is 17. The van der Waals surface area contributed by atoms with Crippen LogP contribution < -0.4 is 108 Å². The molecule has 17 atom stereocenters. The summed E-state index contributed by atoms with van der Waals surface area (Å²) in [5.41, 5.74) is 30.8. The molecular weight excluding hydrogens is 1780 g/mol. The van der Waals surface area contributed by atoms with E-state index in [1.165, 1.54) is 36.9 Å². The van der Waals surface area contributed by atoms with E-state index in [0.717, 1.165) is 5.56 Å². The van der Waals surface area contributed by atoms with E-state index in [2.05, 4.69) is 99.7 Å². The Morgan fingerprint density at radius 1 is 0.370 bits per heavy atom. The van der Waals surface area contributed by atoms with E-state index in [1.54, 1.807) is 58.0 Å². The monoisotopic (exact) mass is 1940 g/mol. The Bertz CT molecular complexity index is 4340. The molecule has 1 aliphatic heterocycles. The fourth-order valence-corrected chi connectivity index (χ4v) is 16.1. The molecule has 0 spiro atoms. The molecule has 1 saturated heterocycles. The molecule has 4 rings (SSSR count). The number of benzene rings is 1. The number of nitrogens with zero attached hydrogens (tertiary/aromatic N) is 3. The van der Waals surface area contributed by atoms with Gasteiger partial charge in [-0.05, 0) is 189 Å². The largest absolute Gasteiger partial charge is 0.368 e. The zero-order valence-electron chi connectivity index (χ0n) is 84.1. The third-order valence-electron chi connectivity index (χ3n) is 23.8. The van der Waals surface area contributed by atoms with Gasteiger partial charge in [0.15, 0.2) is 0 Å². The molecule has 774 valence electrons. The maximum Gasteiger partial charge on any atom is 0.245 e. The molecule has 0 saturated carbocycles. The molecule has 42 heteroatoms. The number of carbonyl (C=O) groups excluding carboxylic acids is 17. The molecule has 2 aromatic heterocycles. The van der Waals surface area contributed by atoms with Crippen LogP contribution in [0.15, 0.2) is 55.4 Å². The third-order valence-corrected chi connectivity index (χ3v) is 23.8. The first-order valence-electron chi connectivity index (χ1n) is 49.2. The molecule has 0 radical (unpaired) electrons. The minimum Gasteiger partial charge on any atom is -0.368 e. The predicted molar refractivity (Wildman–Crippen MR) is 522 cm³/mol. The molecule has 1 fully saturated rings. The van der Waals surface area contributed by atoms with Gasteiger partial charge in [0.2, 0.25) is 100 Å². The molecule has 3 heterocycles. The lowest BCUT2D eigenvalue weighted by Gasteiger charge is -2.32. The van der Waals surface area contributed by atoms with Crippen LogP contribution in [0, 0.1) is 47.3 Å². The second kappa shape index (κ2) is 61.7. The molecule has 0 bridgehead atoms. The highest BCUT2D eigenvalue weighted by atomic mass is 16.2. The summed E-state index contributed by atoms with van der Waals surface area (Å²) in [5, 5.41) is 41.7. The molecule has 138 heavy (non-hydrogen) atoms. The summed E-state index contributed by atoms with van der Waals surface area (Å²) < 4.78 is 0. The average molecular weight is 1940 g/mol. The Kier molecular flexibility index (Phi) is 53.1. The fraction of sp³-hybridized carbons (Fsp3) is 0.698. The first kappa shape index (κ1) is 119. The van der Waals surface area contributed by atoms with Crippen molar-refractivity contribution in [1.29, 1.82) is 0 Å². The van der Waals surface area contributed by atoms with E-state index in [-0.39, 0.29) is 152 Å². The van der Waals surface area contributed by atoms with Gasteiger partial charge in [-0.3, -0.25) is 81.5 Å². The van der Waals surface area contributed by atoms with Gasteiger partial charge >= 0.3 is 0 Å². The van der Waals surface area contributed by atoms with Gasteiger partial charge in [0.1, 0.15) is 96.7 Å². The van der Waals surface area contributed by atoms with E-state index in [4.69, 9.17) is 28.7 Å². The van der Waals surface area contributed by atoms with E-state index < -0.39 is 209 Å². The maximum absolute atomic E-state index is 15.2. The van der Waals surface area contributed by atoms with E-state index >= 15 is 4.79 Å². The van der Waals surface area contributed by atoms with E-state index in [1.807, 2.05) is 83.1 Å². The van der Waals surface area contributed by atoms with Crippen LogP contribution in [0.1, 0.15) is 250 Å². The van der Waals surface area contributed by atoms with Crippen molar-refractivity contribution in [1.82, 2.24) is 105 Å². The normalized spacial score (nSPS) is 16.1. The zero-order chi connectivity index (χ0) is 103. The molecule has 1 aromatic carbocycles. The van der Waals surface area contributed by atoms with Gasteiger partial charge in [-0.1, -0.05) is 148 Å². The second-order valence-corrected chi connectivity index (χ2v) is 39.3. The van der Waals surface area contributed by atoms with Gasteiger partial charge in [-0.15, -0.1) is 0 Å². The molecule has 1 aliphatic rings. The number of amides is 17. The highest BCUT2D eigenvalue weighted by molar-refractivity contribution is 6.01. The minimum atomic E-state index is -1.38. The molecule has 0 unspecified atom stereocenters. The summed E-state index contributed by atoms with van der Waals surface area (Å²) in [7, 11) is 0. The zero-order valence-corrected chi connectivity index (χ0v) is 84.1. The molecule has 3 aromatic rings. The Hall–Kier alpha value is -11.5. The van der Waals surface area contributed by atoms with E-state index in [0.29, 0.717) is 62.8 Å². The third kappa shape index (κ3) is 42.4. The number of nitrogens with one attached hydrogen (secondary N) is 17. The molecule has 17 amide bonds. The van der Waals surface area contributed by atoms with Crippen LogP contribution in [0.25, 0.3) is 0 Å². The number of rotatable bonds is 65. The first-order chi connectivity index (χ1) is 65.2. The quantitative estimate of drug-likeness (QED) is 0.0337. The summed E-state index contributed by atoms with van der Waals surface area (Å²) in [4.78, 5) is 259. The number of primary amides is 1. The van der Waals surface area contributed by atoms with Crippen LogP contribution in [0.3, 0.4) is 0 Å². The van der Waals surface area contributed by atoms with Crippen LogP contribution in [-0.4, -0.2) is 255 Å². The number of unbranched alkanes of at least 4 members (excludes halogenated alkanes) is 3. The number of hydrogen-bond donors (Lipinski definition) is 22. The Balaban J connectivity index is 1.56. The second-order valence-electron chi connectivity index (χ2n) is 39.3. The molecular formula is C96H163N25O17. The van der Waals surface area contributed by atoms with Crippen molar-refractivity contribution in [2.75, 3.05) is 32.7 Å². The van der Waals surface area contributed by atoms with Crippen molar-refractivity contribution in [2.45, 2.75) is 349 Å². The fourth-order valence-electron chi connectivity index (χ4n) is 16.1. The number of aromatic nitrogens is 4. The van der Waals surface area contributed by atoms with Crippen molar-refractivity contribution < 1.29 is 81.5 Å². The minimum absolute atomic E-state index is 0.0175. The van der Waals surface area contributed by atoms with Gasteiger partial charge in [0, 0.05) is 49.6 Å². The van der Waals surface area contributed by atoms with Crippen molar-refractivity contribution in [3.8, 4) is 0 Å². The van der Waals surface area contributed by atoms with Gasteiger partial charge in [0.25, 0.3) is 0 Å². The van der Waals surface area contributed by atoms with E-state index in [9.17, 15) is 76.7 Å². The maximum atomic E-state index is 15.2. The number of H-pyrrole nitrogens is 2. The van der Waals surface area contributed by atoms with Gasteiger partial charge in [0.05, 0.1) is 19.2 Å². The van der Waals surface area contributed by atoms with Crippen LogP contribution in [0.4, 0.5) is 0 Å². The number of imidazole rings is 2. The highest BCUT2D eigenvalue weighted by Crippen LogP contribution is 2.24. The smallest absolute Gasteiger partial charge is 0.245 e. The van der Waals surface area contributed by atoms with Crippen LogP contribution >= 0.6 is 0 Å². The lowest BCUT2D eigenvalue weighted by atomic mass is 9.95. The molecule has 42 nitrogen and oxygen atoms in total. The summed E-state index contributed by atoms with van der Waals surface area (Å²) in [6.07, 6.45) is 9.30. The van der Waals surface area contributed by atoms with Crippen LogP contribution in [-0.2, 0) is 101 Å². The highest BCUT2D eigenvalue weighted by Gasteiger charge is 2.44. The summed E-state index contributed by atoms with van der Waals surface area (Å²) >= 11 is 0. The number of aromatic amines is 2. The van der Waals surface area contributed by atoms with Crippen molar-refractivity contribution in [3.05, 3.63) is 72.3 Å². The van der Waals surface area contributed by atoms with Crippen molar-refractivity contribution in [2.24, 2.45) is 76.0 Å². The Morgan fingerprint density at radius 2 is 0.703 bits per heavy atom. The SMILES string of the molecule is CC[C@H](C)[C@H](NC(=O)[C@H](CC(C)C)NC(=O)[C@@H]1CCCN1C(=O)[C@H](CC(C)C)NC(=O)[C@H](CCCCN)NC(=O)[C@H](CCCCN)NC(=O)[C@H](CC(C)C)NC(=O)[C@H](CC(C)C)NC(=O)[C@H](C)NC(=O)[C@@H](NC(=O)[C@H](Cc1ccccc1)NC(=O)CN)C(C)C)C(=O)N[C@@H](CC(C)C)C(=O)N[C@@H](CCCCN)C(=O)N[C@@H](Cc1cnc[nH]1)C(=O)N[C@@H](CC(C)C)C(=O)N[C@@H](Cc1cnc[nH]1)C(N)=O. The van der Waals surface area contributed by atoms with Crippen molar-refractivity contribution in [3.63, 3.8) is 0 Å². The molecule has 27 N–H and O–H groups in total. The lowest BCUT2D eigenvalue weighted by Crippen LogP contribution is -2.61. The van der Waals surface area contributed by atoms with Gasteiger partial charge in [-0.25, -0.2) is 9.97 Å². The van der Waals surface area contributed by atoms with Crippen LogP contribution in [0.5, 0.6) is 0 Å². The summed E-state index contributed by atoms with van der Waals surface area (Å²) in [5.74, 6) is -14.8. The Labute approximate surface area is 813 Å². The number of hydrogen-bond acceptors (Lipinski definition) is 23. The summed E-state index contributed by atoms with van der Waals surface area (Å²) in [6, 6.07) is -11.2. The average Bonchev–Trinajstić information content (AvgIpc) is 1.65. The number of nitrogens with two attached hydrogens (primary N) is 5. The van der Waals surface area contributed by atoms with Crippen LogP contribution in [0.2, 0.25) is 0 Å². The Morgan fingerprint density at radius 3 is 1.09 bits per heavy atom. The topological polar surface area (TPSA) is 661 Å². The first-order valence-corrected chi connectivity index (χ1v) is 49.2.